The zero-order valence-electron chi connectivity index (χ0n) is 23.7. The van der Waals surface area contributed by atoms with E-state index in [4.69, 9.17) is 19.4 Å². The average Bonchev–Trinajstić information content (AvgIpc) is 3.25. The van der Waals surface area contributed by atoms with Crippen LogP contribution in [0.2, 0.25) is 0 Å². The first-order valence-corrected chi connectivity index (χ1v) is 14.4. The number of hydrogen-bond donors (Lipinski definition) is 1. The van der Waals surface area contributed by atoms with Crippen molar-refractivity contribution in [2.24, 2.45) is 5.92 Å². The quantitative estimate of drug-likeness (QED) is 0.502. The molecule has 7 rings (SSSR count). The number of carbonyl (C=O) groups is 2. The van der Waals surface area contributed by atoms with Gasteiger partial charge in [0.05, 0.1) is 31.1 Å². The van der Waals surface area contributed by atoms with Crippen LogP contribution < -0.4 is 10.1 Å². The van der Waals surface area contributed by atoms with Gasteiger partial charge in [-0.05, 0) is 69.9 Å². The van der Waals surface area contributed by atoms with Gasteiger partial charge in [-0.2, -0.15) is 4.98 Å². The van der Waals surface area contributed by atoms with Crippen molar-refractivity contribution in [1.82, 2.24) is 29.3 Å². The van der Waals surface area contributed by atoms with Crippen molar-refractivity contribution in [1.29, 1.82) is 0 Å². The predicted octanol–water partition coefficient (Wildman–Crippen LogP) is 3.94. The molecule has 0 spiro atoms. The van der Waals surface area contributed by atoms with E-state index in [9.17, 15) is 9.59 Å². The van der Waals surface area contributed by atoms with Crippen LogP contribution in [-0.2, 0) is 29.0 Å². The number of fused-ring (bicyclic) bond motifs is 2. The minimum Gasteiger partial charge on any atom is -0.493 e. The first kappa shape index (κ1) is 25.8. The van der Waals surface area contributed by atoms with Crippen LogP contribution in [0.1, 0.15) is 57.0 Å². The molecule has 3 aliphatic heterocycles. The lowest BCUT2D eigenvalue weighted by Crippen LogP contribution is -2.33. The van der Waals surface area contributed by atoms with Gasteiger partial charge in [0.2, 0.25) is 11.9 Å². The summed E-state index contributed by atoms with van der Waals surface area (Å²) < 4.78 is 13.4. The molecule has 1 saturated heterocycles. The summed E-state index contributed by atoms with van der Waals surface area (Å²) in [4.78, 5) is 43.5. The number of amides is 2. The Morgan fingerprint density at radius 2 is 1.93 bits per heavy atom. The summed E-state index contributed by atoms with van der Waals surface area (Å²) in [5.74, 6) is 3.34. The zero-order chi connectivity index (χ0) is 28.3. The van der Waals surface area contributed by atoms with Crippen molar-refractivity contribution in [2.45, 2.75) is 71.2 Å². The van der Waals surface area contributed by atoms with Gasteiger partial charge >= 0.3 is 6.09 Å². The maximum Gasteiger partial charge on any atom is 0.410 e. The molecule has 0 radical (unpaired) electrons. The van der Waals surface area contributed by atoms with Gasteiger partial charge in [-0.15, -0.1) is 0 Å². The first-order chi connectivity index (χ1) is 19.7. The van der Waals surface area contributed by atoms with E-state index in [2.05, 4.69) is 16.4 Å². The van der Waals surface area contributed by atoms with Crippen molar-refractivity contribution in [2.75, 3.05) is 25.0 Å². The maximum atomic E-state index is 12.9. The lowest BCUT2D eigenvalue weighted by atomic mass is 10.1. The van der Waals surface area contributed by atoms with E-state index in [0.717, 1.165) is 66.3 Å². The summed E-state index contributed by atoms with van der Waals surface area (Å²) in [6.45, 7) is 8.42. The number of rotatable bonds is 5. The Bertz CT molecular complexity index is 1520. The van der Waals surface area contributed by atoms with Gasteiger partial charge in [-0.25, -0.2) is 14.8 Å². The van der Waals surface area contributed by atoms with Crippen molar-refractivity contribution in [3.8, 4) is 23.0 Å². The number of likely N-dealkylation sites (tertiary alicyclic amines) is 1. The number of hydrogen-bond acceptors (Lipinski definition) is 8. The van der Waals surface area contributed by atoms with E-state index < -0.39 is 5.60 Å². The Hall–Kier alpha value is -4.15. The number of benzene rings is 1. The number of anilines is 1. The van der Waals surface area contributed by atoms with E-state index in [-0.39, 0.29) is 24.0 Å². The Balaban J connectivity index is 1.19. The third kappa shape index (κ3) is 5.09. The lowest BCUT2D eigenvalue weighted by Gasteiger charge is -2.24. The minimum absolute atomic E-state index is 0.0975. The Morgan fingerprint density at radius 1 is 1.07 bits per heavy atom. The summed E-state index contributed by atoms with van der Waals surface area (Å²) in [6, 6.07) is 8.11. The van der Waals surface area contributed by atoms with Crippen LogP contribution in [0.3, 0.4) is 0 Å². The summed E-state index contributed by atoms with van der Waals surface area (Å²) in [5, 5.41) is 3.45. The Labute approximate surface area is 238 Å². The van der Waals surface area contributed by atoms with E-state index in [1.807, 2.05) is 48.4 Å². The van der Waals surface area contributed by atoms with Crippen LogP contribution in [0, 0.1) is 5.92 Å². The molecule has 214 valence electrons. The molecule has 0 unspecified atom stereocenters. The van der Waals surface area contributed by atoms with Crippen LogP contribution in [0.25, 0.3) is 17.2 Å². The molecule has 2 aromatic heterocycles. The third-order valence-electron chi connectivity index (χ3n) is 7.97. The number of carbonyl (C=O) groups excluding carboxylic acids is 2. The molecule has 11 nitrogen and oxygen atoms in total. The number of nitrogens with one attached hydrogen (secondary N) is 1. The fourth-order valence-electron chi connectivity index (χ4n) is 5.82. The maximum absolute atomic E-state index is 12.9. The van der Waals surface area contributed by atoms with E-state index in [0.29, 0.717) is 38.0 Å². The van der Waals surface area contributed by atoms with Gasteiger partial charge in [0.15, 0.2) is 0 Å². The van der Waals surface area contributed by atoms with E-state index >= 15 is 0 Å². The number of aromatic nitrogens is 4. The normalized spacial score (nSPS) is 19.6. The monoisotopic (exact) mass is 557 g/mol. The highest BCUT2D eigenvalue weighted by molar-refractivity contribution is 5.81. The van der Waals surface area contributed by atoms with Gasteiger partial charge in [0.25, 0.3) is 0 Å². The molecule has 1 N–H and O–H groups in total. The average molecular weight is 558 g/mol. The molecule has 0 bridgehead atoms. The van der Waals surface area contributed by atoms with Gasteiger partial charge in [0, 0.05) is 43.2 Å². The summed E-state index contributed by atoms with van der Waals surface area (Å²) in [7, 11) is 0. The number of nitrogens with zero attached hydrogens (tertiary/aromatic N) is 6. The van der Waals surface area contributed by atoms with Gasteiger partial charge in [0.1, 0.15) is 23.0 Å². The molecule has 11 heteroatoms. The second kappa shape index (κ2) is 9.74. The minimum atomic E-state index is -0.586. The fraction of sp³-hybridized carbons (Fsp3) is 0.500. The van der Waals surface area contributed by atoms with Crippen molar-refractivity contribution in [3.05, 3.63) is 47.4 Å². The molecular formula is C30H35N7O4. The van der Waals surface area contributed by atoms with Crippen LogP contribution in [-0.4, -0.2) is 72.7 Å². The van der Waals surface area contributed by atoms with Gasteiger partial charge in [-0.3, -0.25) is 14.3 Å². The molecule has 1 aliphatic carbocycles. The lowest BCUT2D eigenvalue weighted by molar-refractivity contribution is -0.131. The van der Waals surface area contributed by atoms with E-state index in [1.165, 1.54) is 0 Å². The number of imidazole rings is 1. The molecule has 1 atom stereocenters. The summed E-state index contributed by atoms with van der Waals surface area (Å²) in [5.41, 5.74) is 3.25. The molecule has 41 heavy (non-hydrogen) atoms. The Kier molecular flexibility index (Phi) is 6.13. The van der Waals surface area contributed by atoms with E-state index in [1.54, 1.807) is 11.1 Å². The molecule has 1 aromatic carbocycles. The van der Waals surface area contributed by atoms with Crippen molar-refractivity contribution in [3.63, 3.8) is 0 Å². The standard InChI is InChI=1S/C30H35N7O4/c1-30(2,3)41-29(39)36-16-22-23(17-36)37(26(33-22)20-6-7-24-19(14-20)10-13-40-24)25-8-11-31-28(34-25)32-21-9-12-35(15-21)27(38)18-4-5-18/h6-8,11,14,18,21H,4-5,9-10,12-13,15-17H2,1-3H3,(H,31,32,34)/t21-/m1/s1. The van der Waals surface area contributed by atoms with Gasteiger partial charge in [-0.1, -0.05) is 0 Å². The third-order valence-corrected chi connectivity index (χ3v) is 7.97. The molecule has 4 aliphatic rings. The molecular weight excluding hydrogens is 522 g/mol. The summed E-state index contributed by atoms with van der Waals surface area (Å²) in [6.07, 6.45) is 5.12. The predicted molar refractivity (Wildman–Crippen MR) is 151 cm³/mol. The van der Waals surface area contributed by atoms with Gasteiger partial charge < -0.3 is 19.7 Å². The Morgan fingerprint density at radius 3 is 2.73 bits per heavy atom. The molecule has 2 fully saturated rings. The fourth-order valence-corrected chi connectivity index (χ4v) is 5.82. The molecule has 2 amide bonds. The highest BCUT2D eigenvalue weighted by atomic mass is 16.6. The first-order valence-electron chi connectivity index (χ1n) is 14.4. The highest BCUT2D eigenvalue weighted by Gasteiger charge is 2.37. The molecule has 5 heterocycles. The topological polar surface area (TPSA) is 115 Å². The van der Waals surface area contributed by atoms with Crippen molar-refractivity contribution >= 4 is 17.9 Å². The second-order valence-corrected chi connectivity index (χ2v) is 12.3. The zero-order valence-corrected chi connectivity index (χ0v) is 23.7. The highest BCUT2D eigenvalue weighted by Crippen LogP contribution is 2.36. The second-order valence-electron chi connectivity index (χ2n) is 12.3. The number of ether oxygens (including phenoxy) is 2. The molecule has 3 aromatic rings. The summed E-state index contributed by atoms with van der Waals surface area (Å²) >= 11 is 0. The largest absolute Gasteiger partial charge is 0.493 e. The van der Waals surface area contributed by atoms with Crippen LogP contribution in [0.4, 0.5) is 10.7 Å². The van der Waals surface area contributed by atoms with Crippen molar-refractivity contribution < 1.29 is 19.1 Å². The van der Waals surface area contributed by atoms with Crippen LogP contribution >= 0.6 is 0 Å². The van der Waals surface area contributed by atoms with Crippen LogP contribution in [0.5, 0.6) is 5.75 Å². The smallest absolute Gasteiger partial charge is 0.410 e. The molecule has 1 saturated carbocycles. The SMILES string of the molecule is CC(C)(C)OC(=O)N1Cc2nc(-c3ccc4c(c3)CCO4)n(-c3ccnc(N[C@@H]4CCN(C(=O)C5CC5)C4)n3)c2C1. The van der Waals surface area contributed by atoms with Crippen LogP contribution in [0.15, 0.2) is 30.5 Å².